The van der Waals surface area contributed by atoms with Crippen molar-refractivity contribution in [1.82, 2.24) is 4.90 Å². The Kier molecular flexibility index (Phi) is 2.92. The maximum absolute atomic E-state index is 7.70. The summed E-state index contributed by atoms with van der Waals surface area (Å²) in [6.07, 6.45) is 3.32. The fraction of sp³-hybridized carbons (Fsp3) is 0.889. The zero-order valence-corrected chi connectivity index (χ0v) is 7.56. The van der Waals surface area contributed by atoms with Gasteiger partial charge in [-0.15, -0.1) is 0 Å². The third kappa shape index (κ3) is 2.21. The predicted octanol–water partition coefficient (Wildman–Crippen LogP) is 2.11. The van der Waals surface area contributed by atoms with E-state index in [1.165, 1.54) is 6.42 Å². The highest BCUT2D eigenvalue weighted by molar-refractivity contribution is 5.79. The van der Waals surface area contributed by atoms with Crippen molar-refractivity contribution in [3.05, 3.63) is 0 Å². The monoisotopic (exact) mass is 154 g/mol. The van der Waals surface area contributed by atoms with Gasteiger partial charge in [0.1, 0.15) is 0 Å². The van der Waals surface area contributed by atoms with Gasteiger partial charge in [-0.2, -0.15) is 0 Å². The number of hydrogen-bond donors (Lipinski definition) is 1. The molecule has 1 unspecified atom stereocenters. The summed E-state index contributed by atoms with van der Waals surface area (Å²) in [5.74, 6) is 1.64. The first-order valence-corrected chi connectivity index (χ1v) is 4.56. The molecule has 0 amide bonds. The van der Waals surface area contributed by atoms with Gasteiger partial charge in [0.15, 0.2) is 0 Å². The second-order valence-corrected chi connectivity index (χ2v) is 3.54. The van der Waals surface area contributed by atoms with Crippen LogP contribution in [0.4, 0.5) is 0 Å². The Labute approximate surface area is 69.1 Å². The SMILES string of the molecule is CCCC(=N)N1CCC(C)C1. The Hall–Kier alpha value is -0.530. The lowest BCUT2D eigenvalue weighted by molar-refractivity contribution is 0.479. The van der Waals surface area contributed by atoms with Gasteiger partial charge in [0.05, 0.1) is 5.84 Å². The molecule has 1 fully saturated rings. The van der Waals surface area contributed by atoms with E-state index in [1.54, 1.807) is 0 Å². The van der Waals surface area contributed by atoms with Gasteiger partial charge >= 0.3 is 0 Å². The summed E-state index contributed by atoms with van der Waals surface area (Å²) < 4.78 is 0. The number of hydrogen-bond acceptors (Lipinski definition) is 1. The average Bonchev–Trinajstić information content (AvgIpc) is 2.36. The molecule has 1 rings (SSSR count). The van der Waals surface area contributed by atoms with Crippen LogP contribution in [0.2, 0.25) is 0 Å². The van der Waals surface area contributed by atoms with Crippen LogP contribution in [-0.4, -0.2) is 23.8 Å². The normalized spacial score (nSPS) is 24.2. The summed E-state index contributed by atoms with van der Waals surface area (Å²) in [4.78, 5) is 2.22. The van der Waals surface area contributed by atoms with E-state index in [1.807, 2.05) is 0 Å². The van der Waals surface area contributed by atoms with Gasteiger partial charge in [0.2, 0.25) is 0 Å². The number of amidine groups is 1. The molecule has 0 aromatic rings. The van der Waals surface area contributed by atoms with Gasteiger partial charge in [-0.3, -0.25) is 5.41 Å². The van der Waals surface area contributed by atoms with E-state index in [9.17, 15) is 0 Å². The van der Waals surface area contributed by atoms with Crippen LogP contribution in [0.5, 0.6) is 0 Å². The molecule has 1 heterocycles. The maximum atomic E-state index is 7.70. The standard InChI is InChI=1S/C9H18N2/c1-3-4-9(10)11-6-5-8(2)7-11/h8,10H,3-7H2,1-2H3. The minimum Gasteiger partial charge on any atom is -0.360 e. The topological polar surface area (TPSA) is 27.1 Å². The van der Waals surface area contributed by atoms with Crippen LogP contribution in [0.15, 0.2) is 0 Å². The highest BCUT2D eigenvalue weighted by Crippen LogP contribution is 2.16. The molecule has 11 heavy (non-hydrogen) atoms. The molecule has 1 aliphatic rings. The number of rotatable bonds is 2. The highest BCUT2D eigenvalue weighted by Gasteiger charge is 2.19. The molecule has 0 spiro atoms. The number of nitrogens with zero attached hydrogens (tertiary/aromatic N) is 1. The number of nitrogens with one attached hydrogen (secondary N) is 1. The van der Waals surface area contributed by atoms with Gasteiger partial charge in [-0.1, -0.05) is 13.8 Å². The maximum Gasteiger partial charge on any atom is 0.0957 e. The van der Waals surface area contributed by atoms with E-state index in [-0.39, 0.29) is 0 Å². The average molecular weight is 154 g/mol. The van der Waals surface area contributed by atoms with Crippen molar-refractivity contribution in [3.8, 4) is 0 Å². The minimum absolute atomic E-state index is 0.798. The zero-order chi connectivity index (χ0) is 8.27. The summed E-state index contributed by atoms with van der Waals surface area (Å²) in [5, 5.41) is 7.70. The lowest BCUT2D eigenvalue weighted by Gasteiger charge is -2.18. The van der Waals surface area contributed by atoms with Crippen molar-refractivity contribution in [2.75, 3.05) is 13.1 Å². The molecule has 0 radical (unpaired) electrons. The van der Waals surface area contributed by atoms with Gasteiger partial charge in [-0.25, -0.2) is 0 Å². The van der Waals surface area contributed by atoms with Crippen molar-refractivity contribution in [1.29, 1.82) is 5.41 Å². The van der Waals surface area contributed by atoms with Gasteiger partial charge in [0.25, 0.3) is 0 Å². The van der Waals surface area contributed by atoms with Crippen molar-refractivity contribution >= 4 is 5.84 Å². The second kappa shape index (κ2) is 3.74. The van der Waals surface area contributed by atoms with Crippen molar-refractivity contribution in [2.24, 2.45) is 5.92 Å². The van der Waals surface area contributed by atoms with Crippen LogP contribution in [0.3, 0.4) is 0 Å². The molecule has 2 heteroatoms. The van der Waals surface area contributed by atoms with Crippen LogP contribution in [0, 0.1) is 11.3 Å². The molecule has 0 saturated carbocycles. The zero-order valence-electron chi connectivity index (χ0n) is 7.56. The predicted molar refractivity (Wildman–Crippen MR) is 48.0 cm³/mol. The van der Waals surface area contributed by atoms with Crippen molar-refractivity contribution < 1.29 is 0 Å². The molecule has 1 saturated heterocycles. The lowest BCUT2D eigenvalue weighted by atomic mass is 10.2. The van der Waals surface area contributed by atoms with Gasteiger partial charge in [-0.05, 0) is 18.8 Å². The summed E-state index contributed by atoms with van der Waals surface area (Å²) in [5.41, 5.74) is 0. The smallest absolute Gasteiger partial charge is 0.0957 e. The molecule has 0 aromatic heterocycles. The quantitative estimate of drug-likeness (QED) is 0.478. The van der Waals surface area contributed by atoms with Gasteiger partial charge in [0, 0.05) is 19.5 Å². The largest absolute Gasteiger partial charge is 0.360 e. The van der Waals surface area contributed by atoms with Crippen molar-refractivity contribution in [3.63, 3.8) is 0 Å². The number of likely N-dealkylation sites (tertiary alicyclic amines) is 1. The van der Waals surface area contributed by atoms with Crippen LogP contribution in [0.25, 0.3) is 0 Å². The van der Waals surface area contributed by atoms with Crippen molar-refractivity contribution in [2.45, 2.75) is 33.1 Å². The third-order valence-electron chi connectivity index (χ3n) is 2.29. The van der Waals surface area contributed by atoms with Gasteiger partial charge < -0.3 is 4.90 Å². The van der Waals surface area contributed by atoms with Crippen LogP contribution in [-0.2, 0) is 0 Å². The molecular formula is C9H18N2. The molecule has 1 atom stereocenters. The third-order valence-corrected chi connectivity index (χ3v) is 2.29. The van der Waals surface area contributed by atoms with Crippen LogP contribution in [0.1, 0.15) is 33.1 Å². The van der Waals surface area contributed by atoms with E-state index in [2.05, 4.69) is 18.7 Å². The van der Waals surface area contributed by atoms with Crippen LogP contribution >= 0.6 is 0 Å². The fourth-order valence-electron chi connectivity index (χ4n) is 1.58. The summed E-state index contributed by atoms with van der Waals surface area (Å²) in [6.45, 7) is 6.62. The Morgan fingerprint density at radius 1 is 1.64 bits per heavy atom. The first kappa shape index (κ1) is 8.57. The summed E-state index contributed by atoms with van der Waals surface area (Å²) in [7, 11) is 0. The molecule has 1 N–H and O–H groups in total. The second-order valence-electron chi connectivity index (χ2n) is 3.54. The molecule has 64 valence electrons. The first-order valence-electron chi connectivity index (χ1n) is 4.56. The molecule has 0 aromatic carbocycles. The van der Waals surface area contributed by atoms with E-state index in [0.29, 0.717) is 0 Å². The summed E-state index contributed by atoms with van der Waals surface area (Å²) in [6, 6.07) is 0. The van der Waals surface area contributed by atoms with E-state index >= 15 is 0 Å². The minimum atomic E-state index is 0.798. The van der Waals surface area contributed by atoms with E-state index in [0.717, 1.165) is 37.7 Å². The molecule has 1 aliphatic heterocycles. The molecule has 0 aliphatic carbocycles. The Balaban J connectivity index is 2.31. The fourth-order valence-corrected chi connectivity index (χ4v) is 1.58. The Bertz CT molecular complexity index is 142. The molecular weight excluding hydrogens is 136 g/mol. The molecule has 0 bridgehead atoms. The first-order chi connectivity index (χ1) is 5.24. The molecule has 2 nitrogen and oxygen atoms in total. The Morgan fingerprint density at radius 2 is 2.36 bits per heavy atom. The van der Waals surface area contributed by atoms with E-state index in [4.69, 9.17) is 5.41 Å². The summed E-state index contributed by atoms with van der Waals surface area (Å²) >= 11 is 0. The van der Waals surface area contributed by atoms with Crippen LogP contribution < -0.4 is 0 Å². The lowest BCUT2D eigenvalue weighted by Crippen LogP contribution is -2.27. The Morgan fingerprint density at radius 3 is 2.82 bits per heavy atom. The van der Waals surface area contributed by atoms with E-state index < -0.39 is 0 Å². The highest BCUT2D eigenvalue weighted by atomic mass is 15.2.